The van der Waals surface area contributed by atoms with Crippen LogP contribution in [0.25, 0.3) is 0 Å². The van der Waals surface area contributed by atoms with Crippen LogP contribution in [0.4, 0.5) is 0 Å². The summed E-state index contributed by atoms with van der Waals surface area (Å²) in [5, 5.41) is 10.6. The summed E-state index contributed by atoms with van der Waals surface area (Å²) in [6, 6.07) is 5.18. The van der Waals surface area contributed by atoms with E-state index >= 15 is 0 Å². The summed E-state index contributed by atoms with van der Waals surface area (Å²) >= 11 is 0. The Hall–Kier alpha value is -1.30. The van der Waals surface area contributed by atoms with E-state index in [0.717, 1.165) is 0 Å². The molecule has 0 saturated heterocycles. The highest BCUT2D eigenvalue weighted by Crippen LogP contribution is 2.36. The molecule has 0 aliphatic heterocycles. The van der Waals surface area contributed by atoms with Gasteiger partial charge in [0, 0.05) is 19.8 Å². The molecule has 1 aromatic carbocycles. The number of benzene rings is 1. The van der Waals surface area contributed by atoms with Crippen LogP contribution in [-0.4, -0.2) is 39.8 Å². The van der Waals surface area contributed by atoms with E-state index in [9.17, 15) is 5.11 Å². The van der Waals surface area contributed by atoms with Crippen molar-refractivity contribution >= 4 is 0 Å². The van der Waals surface area contributed by atoms with Gasteiger partial charge in [-0.15, -0.1) is 0 Å². The van der Waals surface area contributed by atoms with Crippen LogP contribution >= 0.6 is 0 Å². The summed E-state index contributed by atoms with van der Waals surface area (Å²) in [6.07, 6.45) is -0.807. The smallest absolute Gasteiger partial charge is 0.189 e. The maximum Gasteiger partial charge on any atom is 0.189 e. The van der Waals surface area contributed by atoms with Crippen LogP contribution in [0.15, 0.2) is 18.2 Å². The van der Waals surface area contributed by atoms with Crippen molar-refractivity contribution in [3.05, 3.63) is 23.8 Å². The van der Waals surface area contributed by atoms with Crippen molar-refractivity contribution in [3.63, 3.8) is 0 Å². The van der Waals surface area contributed by atoms with Gasteiger partial charge in [0.25, 0.3) is 0 Å². The number of rotatable bonds is 6. The molecule has 5 nitrogen and oxygen atoms in total. The molecule has 0 amide bonds. The van der Waals surface area contributed by atoms with Gasteiger partial charge in [-0.1, -0.05) is 0 Å². The predicted octanol–water partition coefficient (Wildman–Crippen LogP) is 1.53. The first-order chi connectivity index (χ1) is 8.51. The standard InChI is InChI=1S/C13H20O5/c1-13(14,12(17-4)18-5)10-8-9(15-2)6-7-11(10)16-3/h6-8,12,14H,1-5H3. The van der Waals surface area contributed by atoms with Crippen LogP contribution in [-0.2, 0) is 15.1 Å². The summed E-state index contributed by atoms with van der Waals surface area (Å²) in [4.78, 5) is 0. The molecule has 0 aromatic heterocycles. The molecule has 0 fully saturated rings. The monoisotopic (exact) mass is 256 g/mol. The lowest BCUT2D eigenvalue weighted by Gasteiger charge is -2.32. The fourth-order valence-corrected chi connectivity index (χ4v) is 1.89. The molecule has 0 bridgehead atoms. The minimum atomic E-state index is -1.36. The fraction of sp³-hybridized carbons (Fsp3) is 0.538. The Morgan fingerprint density at radius 1 is 1.06 bits per heavy atom. The van der Waals surface area contributed by atoms with Crippen LogP contribution in [0.5, 0.6) is 11.5 Å². The second-order valence-corrected chi connectivity index (χ2v) is 4.02. The summed E-state index contributed by atoms with van der Waals surface area (Å²) in [5.74, 6) is 1.16. The van der Waals surface area contributed by atoms with Gasteiger partial charge in [0.15, 0.2) is 6.29 Å². The highest BCUT2D eigenvalue weighted by molar-refractivity contribution is 5.43. The van der Waals surface area contributed by atoms with Crippen LogP contribution < -0.4 is 9.47 Å². The molecule has 18 heavy (non-hydrogen) atoms. The van der Waals surface area contributed by atoms with Gasteiger partial charge in [0.05, 0.1) is 14.2 Å². The predicted molar refractivity (Wildman–Crippen MR) is 66.9 cm³/mol. The molecule has 1 rings (SSSR count). The minimum Gasteiger partial charge on any atom is -0.497 e. The maximum atomic E-state index is 10.6. The second kappa shape index (κ2) is 6.04. The molecule has 0 aliphatic carbocycles. The van der Waals surface area contributed by atoms with E-state index in [4.69, 9.17) is 18.9 Å². The summed E-state index contributed by atoms with van der Waals surface area (Å²) in [6.45, 7) is 1.60. The minimum absolute atomic E-state index is 0.540. The zero-order chi connectivity index (χ0) is 13.8. The van der Waals surface area contributed by atoms with Gasteiger partial charge in [-0.05, 0) is 25.1 Å². The van der Waals surface area contributed by atoms with E-state index in [1.165, 1.54) is 21.3 Å². The number of ether oxygens (including phenoxy) is 4. The first-order valence-corrected chi connectivity index (χ1v) is 5.51. The summed E-state index contributed by atoms with van der Waals surface area (Å²) in [5.41, 5.74) is -0.818. The van der Waals surface area contributed by atoms with Crippen LogP contribution in [0.2, 0.25) is 0 Å². The van der Waals surface area contributed by atoms with E-state index in [2.05, 4.69) is 0 Å². The molecule has 102 valence electrons. The van der Waals surface area contributed by atoms with E-state index in [-0.39, 0.29) is 0 Å². The third-order valence-corrected chi connectivity index (χ3v) is 2.84. The highest BCUT2D eigenvalue weighted by Gasteiger charge is 2.37. The first kappa shape index (κ1) is 14.8. The van der Waals surface area contributed by atoms with Gasteiger partial charge in [-0.2, -0.15) is 0 Å². The third-order valence-electron chi connectivity index (χ3n) is 2.84. The SMILES string of the molecule is COc1ccc(OC)c(C(C)(O)C(OC)OC)c1. The van der Waals surface area contributed by atoms with Crippen molar-refractivity contribution in [3.8, 4) is 11.5 Å². The van der Waals surface area contributed by atoms with Crippen molar-refractivity contribution in [1.82, 2.24) is 0 Å². The Bertz CT molecular complexity index is 385. The fourth-order valence-electron chi connectivity index (χ4n) is 1.89. The molecule has 0 heterocycles. The molecular weight excluding hydrogens is 236 g/mol. The maximum absolute atomic E-state index is 10.6. The molecule has 5 heteroatoms. The van der Waals surface area contributed by atoms with Gasteiger partial charge in [0.1, 0.15) is 17.1 Å². The van der Waals surface area contributed by atoms with Crippen molar-refractivity contribution in [2.24, 2.45) is 0 Å². The molecule has 1 aromatic rings. The third kappa shape index (κ3) is 2.75. The van der Waals surface area contributed by atoms with Crippen molar-refractivity contribution in [1.29, 1.82) is 0 Å². The molecular formula is C13H20O5. The first-order valence-electron chi connectivity index (χ1n) is 5.51. The van der Waals surface area contributed by atoms with Crippen LogP contribution in [0, 0.1) is 0 Å². The molecule has 1 atom stereocenters. The number of hydrogen-bond acceptors (Lipinski definition) is 5. The van der Waals surface area contributed by atoms with Crippen LogP contribution in [0.3, 0.4) is 0 Å². The van der Waals surface area contributed by atoms with Gasteiger partial charge in [0.2, 0.25) is 0 Å². The largest absolute Gasteiger partial charge is 0.497 e. The average molecular weight is 256 g/mol. The summed E-state index contributed by atoms with van der Waals surface area (Å²) < 4.78 is 20.6. The Morgan fingerprint density at radius 2 is 1.67 bits per heavy atom. The lowest BCUT2D eigenvalue weighted by atomic mass is 9.94. The second-order valence-electron chi connectivity index (χ2n) is 4.02. The van der Waals surface area contributed by atoms with Crippen molar-refractivity contribution < 1.29 is 24.1 Å². The van der Waals surface area contributed by atoms with E-state index in [1.54, 1.807) is 32.2 Å². The molecule has 0 aliphatic rings. The Kier molecular flexibility index (Phi) is 4.95. The average Bonchev–Trinajstić information content (AvgIpc) is 2.39. The van der Waals surface area contributed by atoms with Crippen molar-refractivity contribution in [2.45, 2.75) is 18.8 Å². The van der Waals surface area contributed by atoms with Gasteiger partial charge in [-0.25, -0.2) is 0 Å². The lowest BCUT2D eigenvalue weighted by Crippen LogP contribution is -2.39. The van der Waals surface area contributed by atoms with E-state index in [1.807, 2.05) is 0 Å². The topological polar surface area (TPSA) is 57.2 Å². The highest BCUT2D eigenvalue weighted by atomic mass is 16.7. The molecule has 1 N–H and O–H groups in total. The zero-order valence-corrected chi connectivity index (χ0v) is 11.4. The van der Waals surface area contributed by atoms with Gasteiger partial charge >= 0.3 is 0 Å². The summed E-state index contributed by atoms with van der Waals surface area (Å²) in [7, 11) is 6.03. The van der Waals surface area contributed by atoms with Gasteiger partial charge < -0.3 is 24.1 Å². The van der Waals surface area contributed by atoms with E-state index < -0.39 is 11.9 Å². The normalized spacial score (nSPS) is 14.4. The molecule has 0 spiro atoms. The Balaban J connectivity index is 3.27. The molecule has 0 saturated carbocycles. The van der Waals surface area contributed by atoms with Gasteiger partial charge in [-0.3, -0.25) is 0 Å². The number of hydrogen-bond donors (Lipinski definition) is 1. The molecule has 0 radical (unpaired) electrons. The number of methoxy groups -OCH3 is 4. The Morgan fingerprint density at radius 3 is 2.11 bits per heavy atom. The van der Waals surface area contributed by atoms with Crippen molar-refractivity contribution in [2.75, 3.05) is 28.4 Å². The quantitative estimate of drug-likeness (QED) is 0.782. The Labute approximate surface area is 107 Å². The zero-order valence-electron chi connectivity index (χ0n) is 11.4. The van der Waals surface area contributed by atoms with Crippen LogP contribution in [0.1, 0.15) is 12.5 Å². The van der Waals surface area contributed by atoms with E-state index in [0.29, 0.717) is 17.1 Å². The lowest BCUT2D eigenvalue weighted by molar-refractivity contribution is -0.213. The molecule has 1 unspecified atom stereocenters. The number of aliphatic hydroxyl groups is 1.